The number of esters is 1. The minimum atomic E-state index is -0.110. The van der Waals surface area contributed by atoms with Crippen LogP contribution in [-0.4, -0.2) is 12.1 Å². The summed E-state index contributed by atoms with van der Waals surface area (Å²) in [5.41, 5.74) is 4.33. The van der Waals surface area contributed by atoms with Crippen LogP contribution in [0.2, 0.25) is 0 Å². The molecule has 0 aromatic rings. The van der Waals surface area contributed by atoms with E-state index in [1.165, 1.54) is 51.4 Å². The highest BCUT2D eigenvalue weighted by atomic mass is 16.5. The van der Waals surface area contributed by atoms with Gasteiger partial charge in [0.2, 0.25) is 0 Å². The number of carbonyl (C=O) groups excluding carboxylic acids is 1. The topological polar surface area (TPSA) is 26.3 Å². The number of rotatable bonds is 6. The molecule has 3 fully saturated rings. The van der Waals surface area contributed by atoms with Crippen LogP contribution < -0.4 is 0 Å². The van der Waals surface area contributed by atoms with Crippen LogP contribution in [0.15, 0.2) is 23.3 Å². The minimum Gasteiger partial charge on any atom is -0.462 e. The Labute approximate surface area is 210 Å². The molecule has 3 saturated carbocycles. The van der Waals surface area contributed by atoms with Gasteiger partial charge in [-0.05, 0) is 110 Å². The van der Waals surface area contributed by atoms with Crippen LogP contribution in [0.3, 0.4) is 0 Å². The molecule has 0 heterocycles. The first-order valence-electron chi connectivity index (χ1n) is 14.6. The summed E-state index contributed by atoms with van der Waals surface area (Å²) in [5, 5.41) is 0. The van der Waals surface area contributed by atoms with Crippen LogP contribution >= 0.6 is 0 Å². The third-order valence-electron chi connectivity index (χ3n) is 11.5. The van der Waals surface area contributed by atoms with Gasteiger partial charge in [0.05, 0.1) is 0 Å². The molecule has 9 atom stereocenters. The predicted molar refractivity (Wildman–Crippen MR) is 142 cm³/mol. The molecular weight excluding hydrogens is 416 g/mol. The Balaban J connectivity index is 1.52. The van der Waals surface area contributed by atoms with Gasteiger partial charge < -0.3 is 4.74 Å². The first-order valence-corrected chi connectivity index (χ1v) is 14.6. The largest absolute Gasteiger partial charge is 0.462 e. The maximum absolute atomic E-state index is 11.7. The van der Waals surface area contributed by atoms with Crippen molar-refractivity contribution < 1.29 is 9.53 Å². The molecule has 0 aromatic heterocycles. The molecule has 0 radical (unpaired) electrons. The third kappa shape index (κ3) is 4.34. The Bertz CT molecular complexity index is 821. The molecule has 0 aromatic carbocycles. The van der Waals surface area contributed by atoms with Crippen LogP contribution in [0.4, 0.5) is 0 Å². The summed E-state index contributed by atoms with van der Waals surface area (Å²) in [6.07, 6.45) is 16.9. The molecule has 0 spiro atoms. The lowest BCUT2D eigenvalue weighted by molar-refractivity contribution is -0.158. The van der Waals surface area contributed by atoms with Gasteiger partial charge in [-0.2, -0.15) is 0 Å². The van der Waals surface area contributed by atoms with Crippen molar-refractivity contribution in [2.45, 2.75) is 119 Å². The normalized spacial score (nSPS) is 43.0. The first kappa shape index (κ1) is 26.0. The molecule has 0 bridgehead atoms. The monoisotopic (exact) mass is 468 g/mol. The first-order chi connectivity index (χ1) is 16.0. The van der Waals surface area contributed by atoms with Crippen LogP contribution in [0, 0.1) is 52.3 Å². The van der Waals surface area contributed by atoms with Crippen LogP contribution in [-0.2, 0) is 9.53 Å². The molecule has 192 valence electrons. The Morgan fingerprint density at radius 2 is 1.76 bits per heavy atom. The summed E-state index contributed by atoms with van der Waals surface area (Å²) in [4.78, 5) is 11.7. The zero-order valence-electron chi connectivity index (χ0n) is 23.5. The average Bonchev–Trinajstić information content (AvgIpc) is 3.13. The van der Waals surface area contributed by atoms with Gasteiger partial charge in [-0.25, -0.2) is 0 Å². The Morgan fingerprint density at radius 1 is 1.09 bits per heavy atom. The van der Waals surface area contributed by atoms with Crippen molar-refractivity contribution >= 4 is 5.97 Å². The van der Waals surface area contributed by atoms with Crippen LogP contribution in [0.1, 0.15) is 113 Å². The number of hydrogen-bond acceptors (Lipinski definition) is 2. The van der Waals surface area contributed by atoms with E-state index in [4.69, 9.17) is 4.74 Å². The van der Waals surface area contributed by atoms with Gasteiger partial charge >= 0.3 is 5.97 Å². The summed E-state index contributed by atoms with van der Waals surface area (Å²) < 4.78 is 5.76. The van der Waals surface area contributed by atoms with Gasteiger partial charge in [-0.15, -0.1) is 0 Å². The zero-order chi connectivity index (χ0) is 24.8. The molecule has 4 rings (SSSR count). The summed E-state index contributed by atoms with van der Waals surface area (Å²) in [7, 11) is 0. The summed E-state index contributed by atoms with van der Waals surface area (Å²) in [6, 6.07) is 0. The number of hydrogen-bond donors (Lipinski definition) is 0. The van der Waals surface area contributed by atoms with E-state index in [0.717, 1.165) is 30.1 Å². The lowest BCUT2D eigenvalue weighted by Gasteiger charge is -2.59. The molecule has 4 aliphatic carbocycles. The second kappa shape index (κ2) is 9.78. The van der Waals surface area contributed by atoms with Gasteiger partial charge in [-0.3, -0.25) is 4.79 Å². The summed E-state index contributed by atoms with van der Waals surface area (Å²) in [5.74, 6) is 4.84. The highest BCUT2D eigenvalue weighted by molar-refractivity contribution is 5.66. The maximum Gasteiger partial charge on any atom is 0.302 e. The fourth-order valence-corrected chi connectivity index (χ4v) is 9.58. The van der Waals surface area contributed by atoms with Crippen LogP contribution in [0.25, 0.3) is 0 Å². The highest BCUT2D eigenvalue weighted by Crippen LogP contribution is 2.67. The van der Waals surface area contributed by atoms with Gasteiger partial charge in [0, 0.05) is 6.92 Å². The van der Waals surface area contributed by atoms with E-state index in [9.17, 15) is 4.79 Å². The highest BCUT2D eigenvalue weighted by Gasteiger charge is 2.59. The van der Waals surface area contributed by atoms with E-state index in [0.29, 0.717) is 28.6 Å². The van der Waals surface area contributed by atoms with Crippen molar-refractivity contribution in [1.29, 1.82) is 0 Å². The Hall–Kier alpha value is -1.05. The molecule has 0 saturated heterocycles. The van der Waals surface area contributed by atoms with E-state index in [2.05, 4.69) is 60.6 Å². The molecule has 0 N–H and O–H groups in total. The SMILES string of the molecule is CC/C(=C\CC(C)C1CCC2C3=CC[C@H]4[C@H](C)C(OC(C)=O)CCC4(C)C3CCC21C)C(C)C. The summed E-state index contributed by atoms with van der Waals surface area (Å²) >= 11 is 0. The Morgan fingerprint density at radius 3 is 2.41 bits per heavy atom. The number of ether oxygens (including phenoxy) is 1. The molecule has 7 unspecified atom stereocenters. The number of fused-ring (bicyclic) bond motifs is 5. The number of carbonyl (C=O) groups is 1. The molecule has 0 aliphatic heterocycles. The standard InChI is InChI=1S/C32H52O2/c1-9-24(20(2)3)11-10-21(4)26-14-15-28-25-12-13-27-22(5)30(34-23(6)33)17-19-32(27,8)29(25)16-18-31(26,28)7/h11-12,20-22,26-30H,9-10,13-19H2,1-8H3/b24-11+/t21?,22-,26?,27-,28?,29?,30?,31?,32?/m0/s1. The van der Waals surface area contributed by atoms with Crippen molar-refractivity contribution in [3.05, 3.63) is 23.3 Å². The lowest BCUT2D eigenvalue weighted by Crippen LogP contribution is -2.53. The Kier molecular flexibility index (Phi) is 7.48. The van der Waals surface area contributed by atoms with E-state index >= 15 is 0 Å². The summed E-state index contributed by atoms with van der Waals surface area (Å²) in [6.45, 7) is 18.7. The second-order valence-electron chi connectivity index (χ2n) is 13.4. The molecule has 4 aliphatic rings. The van der Waals surface area contributed by atoms with Gasteiger partial charge in [0.25, 0.3) is 0 Å². The van der Waals surface area contributed by atoms with Gasteiger partial charge in [-0.1, -0.05) is 71.8 Å². The van der Waals surface area contributed by atoms with E-state index in [1.54, 1.807) is 12.5 Å². The van der Waals surface area contributed by atoms with Gasteiger partial charge in [0.15, 0.2) is 0 Å². The van der Waals surface area contributed by atoms with E-state index in [1.807, 2.05) is 5.57 Å². The molecule has 2 nitrogen and oxygen atoms in total. The van der Waals surface area contributed by atoms with Gasteiger partial charge in [0.1, 0.15) is 6.10 Å². The fraction of sp³-hybridized carbons (Fsp3) is 0.844. The molecule has 34 heavy (non-hydrogen) atoms. The van der Waals surface area contributed by atoms with Crippen molar-refractivity contribution in [2.24, 2.45) is 52.3 Å². The molecular formula is C32H52O2. The second-order valence-corrected chi connectivity index (χ2v) is 13.4. The van der Waals surface area contributed by atoms with Crippen molar-refractivity contribution in [1.82, 2.24) is 0 Å². The van der Waals surface area contributed by atoms with Crippen molar-refractivity contribution in [3.8, 4) is 0 Å². The average molecular weight is 469 g/mol. The quantitative estimate of drug-likeness (QED) is 0.288. The smallest absolute Gasteiger partial charge is 0.302 e. The minimum absolute atomic E-state index is 0.110. The van der Waals surface area contributed by atoms with E-state index < -0.39 is 0 Å². The maximum atomic E-state index is 11.7. The fourth-order valence-electron chi connectivity index (χ4n) is 9.58. The molecule has 2 heteroatoms. The predicted octanol–water partition coefficient (Wildman–Crippen LogP) is 8.76. The van der Waals surface area contributed by atoms with Crippen molar-refractivity contribution in [2.75, 3.05) is 0 Å². The third-order valence-corrected chi connectivity index (χ3v) is 11.5. The van der Waals surface area contributed by atoms with Crippen LogP contribution in [0.5, 0.6) is 0 Å². The van der Waals surface area contributed by atoms with Crippen molar-refractivity contribution in [3.63, 3.8) is 0 Å². The lowest BCUT2D eigenvalue weighted by atomic mass is 9.46. The van der Waals surface area contributed by atoms with E-state index in [-0.39, 0.29) is 12.1 Å². The zero-order valence-corrected chi connectivity index (χ0v) is 23.5. The molecule has 0 amide bonds. The number of allylic oxidation sites excluding steroid dienone is 4.